The molecule has 4 nitrogen and oxygen atoms in total. The van der Waals surface area contributed by atoms with Gasteiger partial charge in [-0.2, -0.15) is 0 Å². The third-order valence-electron chi connectivity index (χ3n) is 7.46. The number of nitrogens with one attached hydrogen (secondary N) is 2. The van der Waals surface area contributed by atoms with Crippen molar-refractivity contribution >= 4 is 34.9 Å². The smallest absolute Gasteiger partial charge is 0.146 e. The second-order valence-electron chi connectivity index (χ2n) is 10.1. The molecule has 40 heavy (non-hydrogen) atoms. The Bertz CT molecular complexity index is 1350. The highest BCUT2D eigenvalue weighted by atomic mass is 32.2. The first-order valence-corrected chi connectivity index (χ1v) is 16.5. The molecule has 0 aromatic heterocycles. The van der Waals surface area contributed by atoms with Crippen LogP contribution < -0.4 is 16.0 Å². The lowest BCUT2D eigenvalue weighted by atomic mass is 9.90. The fourth-order valence-electron chi connectivity index (χ4n) is 5.55. The van der Waals surface area contributed by atoms with Gasteiger partial charge >= 0.3 is 0 Å². The van der Waals surface area contributed by atoms with Crippen molar-refractivity contribution in [1.29, 1.82) is 0 Å². The van der Waals surface area contributed by atoms with E-state index < -0.39 is 0 Å². The molecule has 1 fully saturated rings. The molecule has 4 aliphatic rings. The average Bonchev–Trinajstić information content (AvgIpc) is 3.77. The van der Waals surface area contributed by atoms with Crippen LogP contribution in [0.2, 0.25) is 0 Å². The molecule has 1 saturated heterocycles. The van der Waals surface area contributed by atoms with Crippen LogP contribution in [0.1, 0.15) is 46.0 Å². The van der Waals surface area contributed by atoms with Crippen LogP contribution >= 0.6 is 23.5 Å². The highest BCUT2D eigenvalue weighted by Gasteiger charge is 2.28. The van der Waals surface area contributed by atoms with Crippen molar-refractivity contribution in [2.45, 2.75) is 55.7 Å². The summed E-state index contributed by atoms with van der Waals surface area (Å²) < 4.78 is 0. The number of hydrogen-bond donors (Lipinski definition) is 3. The van der Waals surface area contributed by atoms with Crippen LogP contribution in [0.5, 0.6) is 0 Å². The molecule has 3 heterocycles. The van der Waals surface area contributed by atoms with Crippen LogP contribution in [0.25, 0.3) is 0 Å². The number of likely N-dealkylation sites (tertiary alicyclic amines) is 1. The number of hydrogen-bond acceptors (Lipinski definition) is 4. The Morgan fingerprint density at radius 1 is 1.00 bits per heavy atom. The predicted octanol–water partition coefficient (Wildman–Crippen LogP) is 7.01. The van der Waals surface area contributed by atoms with Crippen LogP contribution in [0.3, 0.4) is 0 Å². The minimum Gasteiger partial charge on any atom is -0.367 e. The first kappa shape index (κ1) is 28.6. The van der Waals surface area contributed by atoms with E-state index in [2.05, 4.69) is 107 Å². The second kappa shape index (κ2) is 14.1. The van der Waals surface area contributed by atoms with Crippen LogP contribution in [0.15, 0.2) is 129 Å². The normalized spacial score (nSPS) is 22.1. The van der Waals surface area contributed by atoms with Gasteiger partial charge in [0.2, 0.25) is 0 Å². The molecule has 1 aliphatic carbocycles. The molecule has 0 spiro atoms. The molecule has 3 aliphatic heterocycles. The van der Waals surface area contributed by atoms with Gasteiger partial charge in [-0.1, -0.05) is 68.1 Å². The summed E-state index contributed by atoms with van der Waals surface area (Å²) in [5.41, 5.74) is 12.2. The van der Waals surface area contributed by atoms with Gasteiger partial charge in [0.1, 0.15) is 23.8 Å². The van der Waals surface area contributed by atoms with Gasteiger partial charge in [-0.25, -0.2) is 4.90 Å². The summed E-state index contributed by atoms with van der Waals surface area (Å²) in [5, 5.41) is 4.78. The van der Waals surface area contributed by atoms with Crippen molar-refractivity contribution in [3.05, 3.63) is 119 Å². The number of allylic oxidation sites excluding steroid dienone is 6. The van der Waals surface area contributed by atoms with E-state index in [1.165, 1.54) is 80.3 Å². The Morgan fingerprint density at radius 3 is 2.62 bits per heavy atom. The maximum absolute atomic E-state index is 4.17. The Kier molecular flexibility index (Phi) is 10.1. The Labute approximate surface area is 248 Å². The number of rotatable bonds is 7. The van der Waals surface area contributed by atoms with Crippen molar-refractivity contribution in [1.82, 2.24) is 4.90 Å². The Morgan fingerprint density at radius 2 is 1.80 bits per heavy atom. The van der Waals surface area contributed by atoms with Crippen molar-refractivity contribution in [2.24, 2.45) is 0 Å². The van der Waals surface area contributed by atoms with Crippen LogP contribution in [0, 0.1) is 0 Å². The zero-order chi connectivity index (χ0) is 27.7. The molecule has 0 saturated carbocycles. The number of anilines is 1. The fraction of sp³-hybridized carbons (Fsp3) is 0.294. The maximum Gasteiger partial charge on any atom is 0.146 e. The van der Waals surface area contributed by atoms with Crippen LogP contribution in [-0.2, 0) is 0 Å². The van der Waals surface area contributed by atoms with Gasteiger partial charge in [-0.15, -0.1) is 11.8 Å². The Balaban J connectivity index is 0.00000158. The largest absolute Gasteiger partial charge is 0.367 e. The van der Waals surface area contributed by atoms with Gasteiger partial charge in [0, 0.05) is 47.0 Å². The lowest BCUT2D eigenvalue weighted by molar-refractivity contribution is -0.741. The minimum absolute atomic E-state index is 0.950. The first-order chi connectivity index (χ1) is 19.7. The van der Waals surface area contributed by atoms with Crippen molar-refractivity contribution in [3.63, 3.8) is 0 Å². The molecule has 2 aromatic rings. The van der Waals surface area contributed by atoms with E-state index >= 15 is 0 Å². The monoisotopic (exact) mass is 570 g/mol. The number of para-hydroxylation sites is 1. The molecular weight excluding hydrogens is 529 g/mol. The number of benzene rings is 2. The minimum atomic E-state index is 0.950. The molecule has 0 radical (unpaired) electrons. The zero-order valence-electron chi connectivity index (χ0n) is 23.8. The van der Waals surface area contributed by atoms with E-state index in [0.717, 1.165) is 24.3 Å². The highest BCUT2D eigenvalue weighted by Crippen LogP contribution is 2.40. The van der Waals surface area contributed by atoms with E-state index in [9.17, 15) is 0 Å². The summed E-state index contributed by atoms with van der Waals surface area (Å²) >= 11 is 3.68. The molecule has 6 rings (SSSR count). The van der Waals surface area contributed by atoms with Gasteiger partial charge in [-0.3, -0.25) is 0 Å². The van der Waals surface area contributed by atoms with E-state index in [-0.39, 0.29) is 0 Å². The van der Waals surface area contributed by atoms with Gasteiger partial charge < -0.3 is 16.0 Å². The van der Waals surface area contributed by atoms with E-state index in [1.54, 1.807) is 0 Å². The quantitative estimate of drug-likeness (QED) is 0.314. The van der Waals surface area contributed by atoms with Crippen LogP contribution in [-0.4, -0.2) is 23.7 Å². The summed E-state index contributed by atoms with van der Waals surface area (Å²) in [6.07, 6.45) is 22.5. The molecule has 6 heteroatoms. The SMILES string of the molecule is CC.[NH3+]c1ccccc1SC/C=C/C1=C([NH+]2C=CC(N3CCCC3)=C2)C(=C/C=C2/Nc3ccccc3S2)/CCC1. The number of fused-ring (bicyclic) bond motifs is 1. The highest BCUT2D eigenvalue weighted by molar-refractivity contribution is 8.03. The molecule has 1 unspecified atom stereocenters. The second-order valence-corrected chi connectivity index (χ2v) is 12.2. The molecule has 1 atom stereocenters. The zero-order valence-corrected chi connectivity index (χ0v) is 25.4. The predicted molar refractivity (Wildman–Crippen MR) is 172 cm³/mol. The lowest BCUT2D eigenvalue weighted by Crippen LogP contribution is -3.00. The van der Waals surface area contributed by atoms with Gasteiger partial charge in [0.15, 0.2) is 0 Å². The molecule has 5 N–H and O–H groups in total. The summed E-state index contributed by atoms with van der Waals surface area (Å²) in [4.78, 5) is 6.46. The van der Waals surface area contributed by atoms with Gasteiger partial charge in [0.05, 0.1) is 21.3 Å². The standard InChI is InChI=1S/C32H34N4S2.C2H6/c33-27-12-1-3-14-29(27)37-22-8-11-24-9-7-10-25(16-17-31-34-28-13-2-4-15-30(28)38-31)32(24)36-21-18-26(23-36)35-19-5-6-20-35;1-2/h1-4,8,11-18,21,23,34H,5-7,9-10,19-20,22,33H2;1-2H3/p+2/b11-8+,25-16+,31-17-;. The molecule has 2 aromatic carbocycles. The van der Waals surface area contributed by atoms with E-state index in [1.807, 2.05) is 37.4 Å². The average molecular weight is 571 g/mol. The van der Waals surface area contributed by atoms with Crippen LogP contribution in [0.4, 0.5) is 11.4 Å². The van der Waals surface area contributed by atoms with Gasteiger partial charge in [0.25, 0.3) is 0 Å². The van der Waals surface area contributed by atoms with E-state index in [0.29, 0.717) is 0 Å². The summed E-state index contributed by atoms with van der Waals surface area (Å²) in [6, 6.07) is 16.9. The summed E-state index contributed by atoms with van der Waals surface area (Å²) in [5.74, 6) is 0.950. The fourth-order valence-corrected chi connectivity index (χ4v) is 7.26. The van der Waals surface area contributed by atoms with Crippen molar-refractivity contribution < 1.29 is 10.6 Å². The Hall–Kier alpha value is -2.90. The molecule has 0 amide bonds. The third-order valence-corrected chi connectivity index (χ3v) is 9.56. The first-order valence-electron chi connectivity index (χ1n) is 14.7. The molecular formula is C34H42N4S2+2. The van der Waals surface area contributed by atoms with Gasteiger partial charge in [-0.05, 0) is 56.4 Å². The third kappa shape index (κ3) is 6.87. The number of quaternary nitrogens is 2. The topological polar surface area (TPSA) is 47.4 Å². The summed E-state index contributed by atoms with van der Waals surface area (Å²) in [6.45, 7) is 6.36. The summed E-state index contributed by atoms with van der Waals surface area (Å²) in [7, 11) is 0. The maximum atomic E-state index is 4.17. The lowest BCUT2D eigenvalue weighted by Gasteiger charge is -2.23. The van der Waals surface area contributed by atoms with Crippen molar-refractivity contribution in [2.75, 3.05) is 24.2 Å². The van der Waals surface area contributed by atoms with E-state index in [4.69, 9.17) is 0 Å². The number of thioether (sulfide) groups is 2. The van der Waals surface area contributed by atoms with Crippen molar-refractivity contribution in [3.8, 4) is 0 Å². The molecule has 208 valence electrons. The molecule has 0 bridgehead atoms. The number of nitrogens with zero attached hydrogens (tertiary/aromatic N) is 1.